The van der Waals surface area contributed by atoms with Crippen LogP contribution in [-0.4, -0.2) is 12.9 Å². The Kier molecular flexibility index (Phi) is 3.28. The smallest absolute Gasteiger partial charge is 0.140 e. The lowest BCUT2D eigenvalue weighted by molar-refractivity contribution is -0.119. The minimum atomic E-state index is 0.354. The molecule has 0 heterocycles. The largest absolute Gasteiger partial charge is 0.496 e. The summed E-state index contributed by atoms with van der Waals surface area (Å²) in [5, 5.41) is 0. The molecule has 0 radical (unpaired) electrons. The number of carbonyl (C=O) groups excluding carboxylic acids is 1. The van der Waals surface area contributed by atoms with E-state index in [9.17, 15) is 4.79 Å². The summed E-state index contributed by atoms with van der Waals surface area (Å²) in [6.45, 7) is 2.10. The number of benzene rings is 1. The second-order valence-corrected chi connectivity index (χ2v) is 4.42. The third-order valence-corrected chi connectivity index (χ3v) is 3.14. The van der Waals surface area contributed by atoms with Crippen molar-refractivity contribution in [2.45, 2.75) is 32.6 Å². The van der Waals surface area contributed by atoms with Gasteiger partial charge in [0.2, 0.25) is 0 Å². The second kappa shape index (κ2) is 4.69. The fraction of sp³-hybridized carbons (Fsp3) is 0.500. The van der Waals surface area contributed by atoms with Gasteiger partial charge in [0.1, 0.15) is 11.5 Å². The van der Waals surface area contributed by atoms with Crippen LogP contribution in [0.15, 0.2) is 18.2 Å². The van der Waals surface area contributed by atoms with Gasteiger partial charge in [-0.05, 0) is 36.5 Å². The first-order valence-electron chi connectivity index (χ1n) is 5.93. The van der Waals surface area contributed by atoms with Crippen molar-refractivity contribution in [1.82, 2.24) is 0 Å². The molecule has 86 valence electrons. The summed E-state index contributed by atoms with van der Waals surface area (Å²) in [4.78, 5) is 11.7. The third-order valence-electron chi connectivity index (χ3n) is 3.14. The van der Waals surface area contributed by atoms with E-state index >= 15 is 0 Å². The zero-order chi connectivity index (χ0) is 11.5. The maximum Gasteiger partial charge on any atom is 0.140 e. The van der Waals surface area contributed by atoms with Crippen LogP contribution in [0.3, 0.4) is 0 Å². The van der Waals surface area contributed by atoms with Gasteiger partial charge in [0.25, 0.3) is 0 Å². The molecule has 0 atom stereocenters. The summed E-state index contributed by atoms with van der Waals surface area (Å²) in [6.07, 6.45) is 3.71. The number of methoxy groups -OCH3 is 1. The quantitative estimate of drug-likeness (QED) is 0.759. The van der Waals surface area contributed by atoms with Crippen LogP contribution in [0.2, 0.25) is 0 Å². The van der Waals surface area contributed by atoms with E-state index in [1.54, 1.807) is 7.11 Å². The van der Waals surface area contributed by atoms with E-state index < -0.39 is 0 Å². The highest BCUT2D eigenvalue weighted by atomic mass is 16.5. The highest BCUT2D eigenvalue weighted by Crippen LogP contribution is 2.31. The van der Waals surface area contributed by atoms with Gasteiger partial charge in [0.05, 0.1) is 7.11 Å². The van der Waals surface area contributed by atoms with Crippen LogP contribution < -0.4 is 4.74 Å². The number of ether oxygens (including phenoxy) is 1. The predicted molar refractivity (Wildman–Crippen MR) is 63.8 cm³/mol. The molecule has 0 spiro atoms. The van der Waals surface area contributed by atoms with Crippen LogP contribution in [0, 0.1) is 5.92 Å². The Balaban J connectivity index is 2.12. The lowest BCUT2D eigenvalue weighted by Crippen LogP contribution is -2.05. The van der Waals surface area contributed by atoms with Gasteiger partial charge >= 0.3 is 0 Å². The second-order valence-electron chi connectivity index (χ2n) is 4.42. The Morgan fingerprint density at radius 3 is 2.75 bits per heavy atom. The maximum atomic E-state index is 11.7. The maximum absolute atomic E-state index is 11.7. The summed E-state index contributed by atoms with van der Waals surface area (Å²) in [5.41, 5.74) is 2.30. The van der Waals surface area contributed by atoms with E-state index in [-0.39, 0.29) is 0 Å². The van der Waals surface area contributed by atoms with Crippen molar-refractivity contribution in [3.63, 3.8) is 0 Å². The van der Waals surface area contributed by atoms with E-state index in [0.717, 1.165) is 30.6 Å². The van der Waals surface area contributed by atoms with E-state index in [1.165, 1.54) is 5.56 Å². The molecule has 0 amide bonds. The summed E-state index contributed by atoms with van der Waals surface area (Å²) in [7, 11) is 1.68. The molecule has 1 saturated carbocycles. The van der Waals surface area contributed by atoms with Crippen molar-refractivity contribution in [1.29, 1.82) is 0 Å². The molecule has 2 rings (SSSR count). The van der Waals surface area contributed by atoms with Crippen LogP contribution in [0.5, 0.6) is 5.75 Å². The average Bonchev–Trinajstić information content (AvgIpc) is 3.12. The Labute approximate surface area is 96.6 Å². The van der Waals surface area contributed by atoms with Crippen molar-refractivity contribution in [3.05, 3.63) is 29.3 Å². The van der Waals surface area contributed by atoms with E-state index in [2.05, 4.69) is 13.0 Å². The molecule has 2 nitrogen and oxygen atoms in total. The molecule has 0 aliphatic heterocycles. The molecular formula is C14H18O2. The molecule has 2 heteroatoms. The highest BCUT2D eigenvalue weighted by molar-refractivity contribution is 5.85. The third kappa shape index (κ3) is 2.43. The van der Waals surface area contributed by atoms with Crippen LogP contribution in [0.25, 0.3) is 0 Å². The number of Topliss-reactive ketones (excluding diaryl/α,β-unsaturated/α-hetero) is 1. The van der Waals surface area contributed by atoms with Gasteiger partial charge < -0.3 is 4.74 Å². The lowest BCUT2D eigenvalue weighted by atomic mass is 10.0. The molecule has 0 unspecified atom stereocenters. The minimum absolute atomic E-state index is 0.354. The fourth-order valence-electron chi connectivity index (χ4n) is 1.97. The number of aryl methyl sites for hydroxylation is 1. The number of hydrogen-bond donors (Lipinski definition) is 0. The topological polar surface area (TPSA) is 26.3 Å². The molecule has 1 aliphatic carbocycles. The number of carbonyl (C=O) groups is 1. The van der Waals surface area contributed by atoms with E-state index in [0.29, 0.717) is 18.1 Å². The Morgan fingerprint density at radius 2 is 2.19 bits per heavy atom. The average molecular weight is 218 g/mol. The van der Waals surface area contributed by atoms with Gasteiger partial charge in [0, 0.05) is 12.3 Å². The summed E-state index contributed by atoms with van der Waals surface area (Å²) in [6, 6.07) is 6.06. The zero-order valence-electron chi connectivity index (χ0n) is 9.95. The number of ketones is 1. The monoisotopic (exact) mass is 218 g/mol. The SMILES string of the molecule is CCc1cc(CC(=O)C2CC2)ccc1OC. The molecule has 0 aromatic heterocycles. The summed E-state index contributed by atoms with van der Waals surface area (Å²) < 4.78 is 5.27. The first-order chi connectivity index (χ1) is 7.74. The molecule has 1 aliphatic rings. The molecule has 1 aromatic carbocycles. The van der Waals surface area contributed by atoms with Crippen molar-refractivity contribution in [2.75, 3.05) is 7.11 Å². The van der Waals surface area contributed by atoms with Crippen molar-refractivity contribution in [3.8, 4) is 5.75 Å². The molecular weight excluding hydrogens is 200 g/mol. The van der Waals surface area contributed by atoms with Crippen LogP contribution >= 0.6 is 0 Å². The molecule has 16 heavy (non-hydrogen) atoms. The first-order valence-corrected chi connectivity index (χ1v) is 5.93. The van der Waals surface area contributed by atoms with Crippen LogP contribution in [0.1, 0.15) is 30.9 Å². The Hall–Kier alpha value is -1.31. The summed E-state index contributed by atoms with van der Waals surface area (Å²) in [5.74, 6) is 1.67. The normalized spacial score (nSPS) is 14.9. The first kappa shape index (κ1) is 11.2. The number of rotatable bonds is 5. The molecule has 0 bridgehead atoms. The van der Waals surface area contributed by atoms with Crippen LogP contribution in [0.4, 0.5) is 0 Å². The van der Waals surface area contributed by atoms with Crippen LogP contribution in [-0.2, 0) is 17.6 Å². The Bertz CT molecular complexity index is 392. The molecule has 0 N–H and O–H groups in total. The van der Waals surface area contributed by atoms with Crippen molar-refractivity contribution in [2.24, 2.45) is 5.92 Å². The Morgan fingerprint density at radius 1 is 1.44 bits per heavy atom. The van der Waals surface area contributed by atoms with E-state index in [4.69, 9.17) is 4.74 Å². The van der Waals surface area contributed by atoms with Gasteiger partial charge in [0.15, 0.2) is 0 Å². The van der Waals surface area contributed by atoms with Crippen molar-refractivity contribution < 1.29 is 9.53 Å². The molecule has 1 aromatic rings. The minimum Gasteiger partial charge on any atom is -0.496 e. The highest BCUT2D eigenvalue weighted by Gasteiger charge is 2.29. The zero-order valence-corrected chi connectivity index (χ0v) is 9.95. The molecule has 1 fully saturated rings. The standard InChI is InChI=1S/C14H18O2/c1-3-11-8-10(4-7-14(11)16-2)9-13(15)12-5-6-12/h4,7-8,12H,3,5-6,9H2,1-2H3. The van der Waals surface area contributed by atoms with Gasteiger partial charge in [-0.1, -0.05) is 19.1 Å². The fourth-order valence-corrected chi connectivity index (χ4v) is 1.97. The lowest BCUT2D eigenvalue weighted by Gasteiger charge is -2.08. The van der Waals surface area contributed by atoms with Gasteiger partial charge in [-0.2, -0.15) is 0 Å². The summed E-state index contributed by atoms with van der Waals surface area (Å²) >= 11 is 0. The predicted octanol–water partition coefficient (Wildman–Crippen LogP) is 2.78. The van der Waals surface area contributed by atoms with E-state index in [1.807, 2.05) is 12.1 Å². The van der Waals surface area contributed by atoms with Gasteiger partial charge in [-0.15, -0.1) is 0 Å². The number of hydrogen-bond acceptors (Lipinski definition) is 2. The molecule has 0 saturated heterocycles. The van der Waals surface area contributed by atoms with Gasteiger partial charge in [-0.3, -0.25) is 4.79 Å². The van der Waals surface area contributed by atoms with Crippen molar-refractivity contribution >= 4 is 5.78 Å². The van der Waals surface area contributed by atoms with Gasteiger partial charge in [-0.25, -0.2) is 0 Å².